The van der Waals surface area contributed by atoms with Crippen molar-refractivity contribution in [3.63, 3.8) is 0 Å². The van der Waals surface area contributed by atoms with E-state index < -0.39 is 0 Å². The smallest absolute Gasteiger partial charge is 0.228 e. The second kappa shape index (κ2) is 7.64. The number of nitrogens with zero attached hydrogens (tertiary/aromatic N) is 3. The Hall–Kier alpha value is -1.76. The second-order valence-electron chi connectivity index (χ2n) is 6.97. The molecule has 1 aromatic heterocycles. The van der Waals surface area contributed by atoms with E-state index in [0.29, 0.717) is 31.0 Å². The first-order valence-corrected chi connectivity index (χ1v) is 9.19. The first kappa shape index (κ1) is 16.7. The Morgan fingerprint density at radius 3 is 2.92 bits per heavy atom. The first-order valence-electron chi connectivity index (χ1n) is 9.19. The van der Waals surface area contributed by atoms with Gasteiger partial charge in [0.1, 0.15) is 0 Å². The minimum Gasteiger partial charge on any atom is -0.393 e. The summed E-state index contributed by atoms with van der Waals surface area (Å²) in [5.74, 6) is 1.54. The van der Waals surface area contributed by atoms with Gasteiger partial charge in [-0.05, 0) is 25.8 Å². The summed E-state index contributed by atoms with van der Waals surface area (Å²) >= 11 is 0. The van der Waals surface area contributed by atoms with Crippen molar-refractivity contribution in [1.29, 1.82) is 0 Å². The van der Waals surface area contributed by atoms with Crippen LogP contribution in [0.4, 0.5) is 0 Å². The molecule has 0 spiro atoms. The van der Waals surface area contributed by atoms with Crippen LogP contribution in [0, 0.1) is 5.92 Å². The molecule has 4 rings (SSSR count). The molecule has 3 heterocycles. The maximum Gasteiger partial charge on any atom is 0.228 e. The quantitative estimate of drug-likeness (QED) is 0.897. The van der Waals surface area contributed by atoms with Crippen molar-refractivity contribution in [1.82, 2.24) is 15.0 Å². The standard InChI is InChI=1S/C19H25N3O3/c23-17-9-12-24-13-15(17)16-7-4-10-22(16)11-8-18-20-19(21-25-18)14-5-2-1-3-6-14/h1-3,5-6,15-17,23H,4,7-13H2/t15-,16-,17-/m1/s1. The summed E-state index contributed by atoms with van der Waals surface area (Å²) in [6.07, 6.45) is 3.54. The van der Waals surface area contributed by atoms with Gasteiger partial charge in [-0.15, -0.1) is 0 Å². The summed E-state index contributed by atoms with van der Waals surface area (Å²) in [6, 6.07) is 10.3. The zero-order chi connectivity index (χ0) is 17.1. The predicted octanol–water partition coefficient (Wildman–Crippen LogP) is 2.14. The van der Waals surface area contributed by atoms with Crippen LogP contribution in [0.3, 0.4) is 0 Å². The van der Waals surface area contributed by atoms with E-state index in [1.165, 1.54) is 6.42 Å². The van der Waals surface area contributed by atoms with Gasteiger partial charge in [-0.3, -0.25) is 4.90 Å². The van der Waals surface area contributed by atoms with Crippen LogP contribution in [0.25, 0.3) is 11.4 Å². The normalized spacial score (nSPS) is 27.6. The molecule has 3 atom stereocenters. The highest BCUT2D eigenvalue weighted by atomic mass is 16.5. The third-order valence-corrected chi connectivity index (χ3v) is 5.38. The molecule has 0 aliphatic carbocycles. The summed E-state index contributed by atoms with van der Waals surface area (Å²) in [7, 11) is 0. The fourth-order valence-electron chi connectivity index (χ4n) is 4.03. The summed E-state index contributed by atoms with van der Waals surface area (Å²) in [5, 5.41) is 14.4. The Bertz CT molecular complexity index is 676. The van der Waals surface area contributed by atoms with Crippen LogP contribution >= 0.6 is 0 Å². The number of ether oxygens (including phenoxy) is 1. The number of hydrogen-bond donors (Lipinski definition) is 1. The van der Waals surface area contributed by atoms with E-state index >= 15 is 0 Å². The van der Waals surface area contributed by atoms with E-state index in [1.807, 2.05) is 30.3 Å². The van der Waals surface area contributed by atoms with Gasteiger partial charge in [0.2, 0.25) is 11.7 Å². The minimum atomic E-state index is -0.243. The molecule has 1 N–H and O–H groups in total. The van der Waals surface area contributed by atoms with Gasteiger partial charge in [-0.1, -0.05) is 35.5 Å². The van der Waals surface area contributed by atoms with Gasteiger partial charge in [-0.2, -0.15) is 4.98 Å². The molecular formula is C19H25N3O3. The van der Waals surface area contributed by atoms with Gasteiger partial charge >= 0.3 is 0 Å². The predicted molar refractivity (Wildman–Crippen MR) is 93.0 cm³/mol. The molecule has 1 aromatic carbocycles. The monoisotopic (exact) mass is 343 g/mol. The molecule has 6 heteroatoms. The molecule has 0 unspecified atom stereocenters. The summed E-state index contributed by atoms with van der Waals surface area (Å²) in [6.45, 7) is 3.29. The van der Waals surface area contributed by atoms with Gasteiger partial charge in [0.25, 0.3) is 0 Å². The molecule has 134 valence electrons. The molecule has 0 radical (unpaired) electrons. The molecule has 0 bridgehead atoms. The average Bonchev–Trinajstić information content (AvgIpc) is 3.30. The van der Waals surface area contributed by atoms with Crippen LogP contribution in [0.1, 0.15) is 25.2 Å². The highest BCUT2D eigenvalue weighted by Gasteiger charge is 2.37. The highest BCUT2D eigenvalue weighted by molar-refractivity contribution is 5.53. The Balaban J connectivity index is 1.37. The zero-order valence-corrected chi connectivity index (χ0v) is 14.4. The SMILES string of the molecule is O[C@@H]1CCOC[C@@H]1[C@H]1CCCN1CCc1nc(-c2ccccc2)no1. The van der Waals surface area contributed by atoms with Crippen LogP contribution < -0.4 is 0 Å². The number of likely N-dealkylation sites (tertiary alicyclic amines) is 1. The number of aliphatic hydroxyl groups excluding tert-OH is 1. The molecule has 6 nitrogen and oxygen atoms in total. The van der Waals surface area contributed by atoms with Gasteiger partial charge in [-0.25, -0.2) is 0 Å². The van der Waals surface area contributed by atoms with E-state index in [-0.39, 0.29) is 12.0 Å². The molecule has 2 aliphatic rings. The maximum atomic E-state index is 10.3. The lowest BCUT2D eigenvalue weighted by atomic mass is 9.89. The van der Waals surface area contributed by atoms with Crippen molar-refractivity contribution >= 4 is 0 Å². The summed E-state index contributed by atoms with van der Waals surface area (Å²) in [4.78, 5) is 6.97. The molecule has 2 fully saturated rings. The third-order valence-electron chi connectivity index (χ3n) is 5.38. The van der Waals surface area contributed by atoms with Crippen molar-refractivity contribution in [2.45, 2.75) is 37.8 Å². The molecular weight excluding hydrogens is 318 g/mol. The highest BCUT2D eigenvalue weighted by Crippen LogP contribution is 2.30. The van der Waals surface area contributed by atoms with Crippen molar-refractivity contribution in [3.8, 4) is 11.4 Å². The van der Waals surface area contributed by atoms with Crippen molar-refractivity contribution in [3.05, 3.63) is 36.2 Å². The van der Waals surface area contributed by atoms with Crippen molar-refractivity contribution < 1.29 is 14.4 Å². The Morgan fingerprint density at radius 2 is 2.08 bits per heavy atom. The Labute approximate surface area is 147 Å². The van der Waals surface area contributed by atoms with Crippen molar-refractivity contribution in [2.24, 2.45) is 5.92 Å². The Morgan fingerprint density at radius 1 is 1.20 bits per heavy atom. The Kier molecular flexibility index (Phi) is 5.10. The maximum absolute atomic E-state index is 10.3. The number of hydrogen-bond acceptors (Lipinski definition) is 6. The second-order valence-corrected chi connectivity index (χ2v) is 6.97. The van der Waals surface area contributed by atoms with Crippen LogP contribution in [0.2, 0.25) is 0 Å². The fourth-order valence-corrected chi connectivity index (χ4v) is 4.03. The summed E-state index contributed by atoms with van der Waals surface area (Å²) < 4.78 is 11.0. The van der Waals surface area contributed by atoms with Gasteiger partial charge < -0.3 is 14.4 Å². The van der Waals surface area contributed by atoms with E-state index in [9.17, 15) is 5.11 Å². The van der Waals surface area contributed by atoms with E-state index in [1.54, 1.807) is 0 Å². The number of aromatic nitrogens is 2. The topological polar surface area (TPSA) is 71.6 Å². The summed E-state index contributed by atoms with van der Waals surface area (Å²) in [5.41, 5.74) is 0.971. The first-order chi connectivity index (χ1) is 12.3. The van der Waals surface area contributed by atoms with E-state index in [0.717, 1.165) is 37.9 Å². The van der Waals surface area contributed by atoms with E-state index in [2.05, 4.69) is 15.0 Å². The molecule has 2 aliphatic heterocycles. The lowest BCUT2D eigenvalue weighted by Crippen LogP contribution is -2.46. The lowest BCUT2D eigenvalue weighted by molar-refractivity contribution is -0.0625. The minimum absolute atomic E-state index is 0.221. The number of benzene rings is 1. The van der Waals surface area contributed by atoms with E-state index in [4.69, 9.17) is 9.26 Å². The van der Waals surface area contributed by atoms with Crippen LogP contribution in [0.15, 0.2) is 34.9 Å². The molecule has 2 saturated heterocycles. The lowest BCUT2D eigenvalue weighted by Gasteiger charge is -2.36. The van der Waals surface area contributed by atoms with Crippen LogP contribution in [0.5, 0.6) is 0 Å². The number of rotatable bonds is 5. The molecule has 2 aromatic rings. The van der Waals surface area contributed by atoms with Gasteiger partial charge in [0.15, 0.2) is 0 Å². The fraction of sp³-hybridized carbons (Fsp3) is 0.579. The average molecular weight is 343 g/mol. The number of aliphatic hydroxyl groups is 1. The van der Waals surface area contributed by atoms with Gasteiger partial charge in [0, 0.05) is 37.1 Å². The van der Waals surface area contributed by atoms with Crippen LogP contribution in [-0.2, 0) is 11.2 Å². The van der Waals surface area contributed by atoms with Crippen molar-refractivity contribution in [2.75, 3.05) is 26.3 Å². The molecule has 0 saturated carbocycles. The zero-order valence-electron chi connectivity index (χ0n) is 14.4. The largest absolute Gasteiger partial charge is 0.393 e. The molecule has 25 heavy (non-hydrogen) atoms. The third kappa shape index (κ3) is 3.76. The molecule has 0 amide bonds. The van der Waals surface area contributed by atoms with Crippen LogP contribution in [-0.4, -0.2) is 58.6 Å². The van der Waals surface area contributed by atoms with Gasteiger partial charge in [0.05, 0.1) is 12.7 Å².